The van der Waals surface area contributed by atoms with Crippen molar-refractivity contribution in [3.63, 3.8) is 0 Å². The van der Waals surface area contributed by atoms with Gasteiger partial charge in [0.1, 0.15) is 4.90 Å². The SMILES string of the molecule is CC1(NS(=O)(=O)c2ccc(C(=O)O)cc2N)CCCOC1. The highest BCUT2D eigenvalue weighted by Gasteiger charge is 2.33. The van der Waals surface area contributed by atoms with Crippen molar-refractivity contribution in [2.24, 2.45) is 0 Å². The number of nitrogens with one attached hydrogen (secondary N) is 1. The number of carboxylic acid groups (broad SMARTS) is 1. The van der Waals surface area contributed by atoms with Crippen molar-refractivity contribution in [3.8, 4) is 0 Å². The molecule has 0 radical (unpaired) electrons. The summed E-state index contributed by atoms with van der Waals surface area (Å²) in [6.45, 7) is 2.68. The standard InChI is InChI=1S/C13H18N2O5S/c1-13(5-2-6-20-8-13)15-21(18,19)11-4-3-9(12(16)17)7-10(11)14/h3-4,7,15H,2,5-6,8,14H2,1H3,(H,16,17). The summed E-state index contributed by atoms with van der Waals surface area (Å²) in [5.41, 5.74) is 4.84. The first-order valence-electron chi connectivity index (χ1n) is 6.48. The van der Waals surface area contributed by atoms with Gasteiger partial charge in [-0.1, -0.05) is 0 Å². The van der Waals surface area contributed by atoms with Crippen LogP contribution in [-0.4, -0.2) is 38.2 Å². The van der Waals surface area contributed by atoms with E-state index in [4.69, 9.17) is 15.6 Å². The van der Waals surface area contributed by atoms with E-state index in [0.717, 1.165) is 12.5 Å². The molecule has 2 rings (SSSR count). The maximum atomic E-state index is 12.4. The largest absolute Gasteiger partial charge is 0.478 e. The second-order valence-corrected chi connectivity index (χ2v) is 7.03. The molecule has 1 aliphatic rings. The maximum Gasteiger partial charge on any atom is 0.335 e. The third kappa shape index (κ3) is 3.52. The Morgan fingerprint density at radius 3 is 2.71 bits per heavy atom. The fourth-order valence-corrected chi connectivity index (χ4v) is 3.86. The van der Waals surface area contributed by atoms with Crippen LogP contribution in [0.2, 0.25) is 0 Å². The molecule has 0 aliphatic carbocycles. The van der Waals surface area contributed by atoms with Gasteiger partial charge in [-0.3, -0.25) is 0 Å². The number of ether oxygens (including phenoxy) is 1. The molecule has 1 fully saturated rings. The van der Waals surface area contributed by atoms with E-state index in [2.05, 4.69) is 4.72 Å². The van der Waals surface area contributed by atoms with Gasteiger partial charge >= 0.3 is 5.97 Å². The number of nitrogen functional groups attached to an aromatic ring is 1. The average molecular weight is 314 g/mol. The minimum absolute atomic E-state index is 0.0568. The molecule has 116 valence electrons. The van der Waals surface area contributed by atoms with Gasteiger partial charge in [0.25, 0.3) is 0 Å². The van der Waals surface area contributed by atoms with Gasteiger partial charge in [-0.15, -0.1) is 0 Å². The van der Waals surface area contributed by atoms with Crippen molar-refractivity contribution in [2.75, 3.05) is 18.9 Å². The zero-order chi connectivity index (χ0) is 15.7. The Hall–Kier alpha value is -1.64. The molecular formula is C13H18N2O5S. The van der Waals surface area contributed by atoms with Crippen LogP contribution in [0, 0.1) is 0 Å². The number of hydrogen-bond acceptors (Lipinski definition) is 5. The molecule has 0 aromatic heterocycles. The highest BCUT2D eigenvalue weighted by Crippen LogP contribution is 2.25. The van der Waals surface area contributed by atoms with Gasteiger partial charge in [-0.25, -0.2) is 17.9 Å². The van der Waals surface area contributed by atoms with E-state index in [-0.39, 0.29) is 16.1 Å². The number of carboxylic acids is 1. The summed E-state index contributed by atoms with van der Waals surface area (Å²) in [7, 11) is -3.84. The van der Waals surface area contributed by atoms with Crippen molar-refractivity contribution in [3.05, 3.63) is 23.8 Å². The highest BCUT2D eigenvalue weighted by molar-refractivity contribution is 7.89. The van der Waals surface area contributed by atoms with Gasteiger partial charge in [0.05, 0.1) is 23.4 Å². The molecule has 0 saturated carbocycles. The summed E-state index contributed by atoms with van der Waals surface area (Å²) < 4.78 is 32.7. The molecule has 21 heavy (non-hydrogen) atoms. The molecular weight excluding hydrogens is 296 g/mol. The Kier molecular flexibility index (Phi) is 4.22. The Bertz CT molecular complexity index is 651. The number of aromatic carboxylic acids is 1. The van der Waals surface area contributed by atoms with E-state index in [9.17, 15) is 13.2 Å². The van der Waals surface area contributed by atoms with E-state index >= 15 is 0 Å². The lowest BCUT2D eigenvalue weighted by Gasteiger charge is -2.34. The first kappa shape index (κ1) is 15.7. The molecule has 1 aliphatic heterocycles. The van der Waals surface area contributed by atoms with Crippen LogP contribution in [-0.2, 0) is 14.8 Å². The fraction of sp³-hybridized carbons (Fsp3) is 0.462. The normalized spacial score (nSPS) is 22.9. The van der Waals surface area contributed by atoms with Gasteiger partial charge < -0.3 is 15.6 Å². The van der Waals surface area contributed by atoms with Crippen LogP contribution in [0.3, 0.4) is 0 Å². The van der Waals surface area contributed by atoms with Crippen LogP contribution in [0.15, 0.2) is 23.1 Å². The summed E-state index contributed by atoms with van der Waals surface area (Å²) in [5.74, 6) is -1.16. The summed E-state index contributed by atoms with van der Waals surface area (Å²) in [5, 5.41) is 8.87. The van der Waals surface area contributed by atoms with Crippen molar-refractivity contribution >= 4 is 21.7 Å². The summed E-state index contributed by atoms with van der Waals surface area (Å²) in [6.07, 6.45) is 1.44. The second-order valence-electron chi connectivity index (χ2n) is 5.38. The van der Waals surface area contributed by atoms with Gasteiger partial charge in [-0.05, 0) is 38.0 Å². The average Bonchev–Trinajstić information content (AvgIpc) is 2.37. The monoisotopic (exact) mass is 314 g/mol. The molecule has 1 aromatic carbocycles. The van der Waals surface area contributed by atoms with Crippen LogP contribution in [0.1, 0.15) is 30.1 Å². The van der Waals surface area contributed by atoms with Crippen LogP contribution < -0.4 is 10.5 Å². The summed E-state index contributed by atoms with van der Waals surface area (Å²) in [4.78, 5) is 10.7. The van der Waals surface area contributed by atoms with Gasteiger partial charge in [0.2, 0.25) is 10.0 Å². The Morgan fingerprint density at radius 1 is 1.48 bits per heavy atom. The number of benzene rings is 1. The number of rotatable bonds is 4. The van der Waals surface area contributed by atoms with Gasteiger partial charge in [0, 0.05) is 6.61 Å². The topological polar surface area (TPSA) is 119 Å². The lowest BCUT2D eigenvalue weighted by molar-refractivity contribution is 0.0386. The van der Waals surface area contributed by atoms with E-state index < -0.39 is 21.5 Å². The van der Waals surface area contributed by atoms with Crippen molar-refractivity contribution in [1.29, 1.82) is 0 Å². The number of carbonyl (C=O) groups is 1. The van der Waals surface area contributed by atoms with E-state index in [1.54, 1.807) is 6.92 Å². The predicted molar refractivity (Wildman–Crippen MR) is 76.6 cm³/mol. The van der Waals surface area contributed by atoms with Crippen molar-refractivity contribution in [1.82, 2.24) is 4.72 Å². The third-order valence-corrected chi connectivity index (χ3v) is 5.08. The van der Waals surface area contributed by atoms with Crippen LogP contribution in [0.4, 0.5) is 5.69 Å². The van der Waals surface area contributed by atoms with Crippen molar-refractivity contribution in [2.45, 2.75) is 30.2 Å². The van der Waals surface area contributed by atoms with Gasteiger partial charge in [0.15, 0.2) is 0 Å². The minimum Gasteiger partial charge on any atom is -0.478 e. The molecule has 1 aromatic rings. The molecule has 1 unspecified atom stereocenters. The minimum atomic E-state index is -3.84. The molecule has 8 heteroatoms. The molecule has 1 heterocycles. The molecule has 1 saturated heterocycles. The molecule has 1 atom stereocenters. The first-order valence-corrected chi connectivity index (χ1v) is 7.96. The highest BCUT2D eigenvalue weighted by atomic mass is 32.2. The number of sulfonamides is 1. The zero-order valence-electron chi connectivity index (χ0n) is 11.6. The smallest absolute Gasteiger partial charge is 0.335 e. The number of anilines is 1. The predicted octanol–water partition coefficient (Wildman–Crippen LogP) is 0.814. The molecule has 0 bridgehead atoms. The zero-order valence-corrected chi connectivity index (χ0v) is 12.4. The number of nitrogens with two attached hydrogens (primary N) is 1. The molecule has 0 spiro atoms. The van der Waals surface area contributed by atoms with Crippen LogP contribution in [0.25, 0.3) is 0 Å². The Labute approximate surface area is 123 Å². The van der Waals surface area contributed by atoms with Gasteiger partial charge in [-0.2, -0.15) is 0 Å². The molecule has 4 N–H and O–H groups in total. The Morgan fingerprint density at radius 2 is 2.19 bits per heavy atom. The lowest BCUT2D eigenvalue weighted by atomic mass is 9.97. The van der Waals surface area contributed by atoms with E-state index in [1.807, 2.05) is 0 Å². The molecule has 0 amide bonds. The Balaban J connectivity index is 2.29. The summed E-state index contributed by atoms with van der Waals surface area (Å²) in [6, 6.07) is 3.55. The second kappa shape index (κ2) is 5.63. The lowest BCUT2D eigenvalue weighted by Crippen LogP contribution is -2.51. The summed E-state index contributed by atoms with van der Waals surface area (Å²) >= 11 is 0. The molecule has 7 nitrogen and oxygen atoms in total. The van der Waals surface area contributed by atoms with Crippen LogP contribution in [0.5, 0.6) is 0 Å². The van der Waals surface area contributed by atoms with E-state index in [0.29, 0.717) is 19.6 Å². The van der Waals surface area contributed by atoms with Crippen molar-refractivity contribution < 1.29 is 23.1 Å². The fourth-order valence-electron chi connectivity index (χ4n) is 2.32. The van der Waals surface area contributed by atoms with Crippen LogP contribution >= 0.6 is 0 Å². The maximum absolute atomic E-state index is 12.4. The quantitative estimate of drug-likeness (QED) is 0.708. The first-order chi connectivity index (χ1) is 9.73. The number of hydrogen-bond donors (Lipinski definition) is 3. The third-order valence-electron chi connectivity index (χ3n) is 3.36. The van der Waals surface area contributed by atoms with E-state index in [1.165, 1.54) is 12.1 Å².